The predicted octanol–water partition coefficient (Wildman–Crippen LogP) is 4.45. The van der Waals surface area contributed by atoms with Crippen molar-refractivity contribution in [2.24, 2.45) is 0 Å². The molecule has 1 fully saturated rings. The SMILES string of the molecule is O=C(c1cc2ccccc2o1)N1CCC[C@@H](c2ccccc2)C1. The molecule has 23 heavy (non-hydrogen) atoms. The van der Waals surface area contributed by atoms with Gasteiger partial charge in [0.1, 0.15) is 5.58 Å². The van der Waals surface area contributed by atoms with Gasteiger partial charge in [-0.05, 0) is 30.5 Å². The molecule has 0 aliphatic carbocycles. The third-order valence-corrected chi connectivity index (χ3v) is 4.62. The standard InChI is InChI=1S/C20H19NO2/c22-20(19-13-16-9-4-5-11-18(16)23-19)21-12-6-10-17(14-21)15-7-2-1-3-8-15/h1-5,7-9,11,13,17H,6,10,12,14H2/t17-/m1/s1. The van der Waals surface area contributed by atoms with Gasteiger partial charge in [0.2, 0.25) is 0 Å². The fourth-order valence-electron chi connectivity index (χ4n) is 3.40. The van der Waals surface area contributed by atoms with E-state index in [4.69, 9.17) is 4.42 Å². The zero-order valence-electron chi connectivity index (χ0n) is 12.9. The molecule has 0 N–H and O–H groups in total. The molecule has 0 radical (unpaired) electrons. The normalized spacial score (nSPS) is 18.3. The Balaban J connectivity index is 1.56. The van der Waals surface area contributed by atoms with Gasteiger partial charge >= 0.3 is 0 Å². The molecule has 0 unspecified atom stereocenters. The zero-order chi connectivity index (χ0) is 15.6. The summed E-state index contributed by atoms with van der Waals surface area (Å²) in [6.07, 6.45) is 2.17. The molecule has 116 valence electrons. The molecule has 1 aliphatic rings. The number of furan rings is 1. The fourth-order valence-corrected chi connectivity index (χ4v) is 3.40. The monoisotopic (exact) mass is 305 g/mol. The smallest absolute Gasteiger partial charge is 0.289 e. The summed E-state index contributed by atoms with van der Waals surface area (Å²) in [4.78, 5) is 14.7. The second kappa shape index (κ2) is 5.92. The number of nitrogens with zero attached hydrogens (tertiary/aromatic N) is 1. The number of para-hydroxylation sites is 1. The van der Waals surface area contributed by atoms with Gasteiger partial charge in [-0.3, -0.25) is 4.79 Å². The van der Waals surface area contributed by atoms with Crippen molar-refractivity contribution in [1.29, 1.82) is 0 Å². The van der Waals surface area contributed by atoms with Crippen molar-refractivity contribution in [2.45, 2.75) is 18.8 Å². The maximum absolute atomic E-state index is 12.8. The fraction of sp³-hybridized carbons (Fsp3) is 0.250. The van der Waals surface area contributed by atoms with E-state index in [9.17, 15) is 4.79 Å². The third kappa shape index (κ3) is 2.74. The number of fused-ring (bicyclic) bond motifs is 1. The van der Waals surface area contributed by atoms with Gasteiger partial charge in [-0.2, -0.15) is 0 Å². The molecular weight excluding hydrogens is 286 g/mol. The Kier molecular flexibility index (Phi) is 3.62. The molecule has 1 aromatic heterocycles. The van der Waals surface area contributed by atoms with Crippen molar-refractivity contribution in [1.82, 2.24) is 4.90 Å². The van der Waals surface area contributed by atoms with Crippen LogP contribution in [0, 0.1) is 0 Å². The summed E-state index contributed by atoms with van der Waals surface area (Å²) >= 11 is 0. The van der Waals surface area contributed by atoms with Crippen molar-refractivity contribution in [2.75, 3.05) is 13.1 Å². The minimum atomic E-state index is 0.00170. The highest BCUT2D eigenvalue weighted by molar-refractivity contribution is 5.96. The molecule has 3 heteroatoms. The average molecular weight is 305 g/mol. The number of likely N-dealkylation sites (tertiary alicyclic amines) is 1. The van der Waals surface area contributed by atoms with Crippen LogP contribution in [0.1, 0.15) is 34.9 Å². The summed E-state index contributed by atoms with van der Waals surface area (Å²) in [5, 5.41) is 0.979. The van der Waals surface area contributed by atoms with Crippen LogP contribution in [0.4, 0.5) is 0 Å². The number of carbonyl (C=O) groups is 1. The maximum Gasteiger partial charge on any atom is 0.289 e. The lowest BCUT2D eigenvalue weighted by Gasteiger charge is -2.32. The number of benzene rings is 2. The number of amides is 1. The first-order valence-corrected chi connectivity index (χ1v) is 8.14. The summed E-state index contributed by atoms with van der Waals surface area (Å²) in [6.45, 7) is 1.57. The second-order valence-electron chi connectivity index (χ2n) is 6.15. The van der Waals surface area contributed by atoms with Crippen molar-refractivity contribution in [3.63, 3.8) is 0 Å². The van der Waals surface area contributed by atoms with Crippen molar-refractivity contribution in [3.8, 4) is 0 Å². The molecule has 4 rings (SSSR count). The molecule has 0 saturated carbocycles. The highest BCUT2D eigenvalue weighted by atomic mass is 16.3. The topological polar surface area (TPSA) is 33.5 Å². The van der Waals surface area contributed by atoms with E-state index in [1.54, 1.807) is 0 Å². The first-order valence-electron chi connectivity index (χ1n) is 8.14. The minimum Gasteiger partial charge on any atom is -0.451 e. The predicted molar refractivity (Wildman–Crippen MR) is 90.5 cm³/mol. The van der Waals surface area contributed by atoms with E-state index in [1.165, 1.54) is 5.56 Å². The molecule has 1 amide bonds. The molecule has 2 aromatic carbocycles. The Morgan fingerprint density at radius 3 is 2.65 bits per heavy atom. The first-order chi connectivity index (χ1) is 11.3. The van der Waals surface area contributed by atoms with E-state index in [2.05, 4.69) is 24.3 Å². The van der Waals surface area contributed by atoms with Gasteiger partial charge in [-0.25, -0.2) is 0 Å². The van der Waals surface area contributed by atoms with Crippen LogP contribution in [0.3, 0.4) is 0 Å². The molecule has 1 aliphatic heterocycles. The highest BCUT2D eigenvalue weighted by Crippen LogP contribution is 2.28. The maximum atomic E-state index is 12.8. The summed E-state index contributed by atoms with van der Waals surface area (Å²) in [5.41, 5.74) is 2.09. The summed E-state index contributed by atoms with van der Waals surface area (Å²) in [6, 6.07) is 20.1. The van der Waals surface area contributed by atoms with E-state index in [0.29, 0.717) is 11.7 Å². The molecule has 2 heterocycles. The van der Waals surface area contributed by atoms with E-state index in [0.717, 1.165) is 36.9 Å². The van der Waals surface area contributed by atoms with Crippen LogP contribution < -0.4 is 0 Å². The Morgan fingerprint density at radius 2 is 1.83 bits per heavy atom. The Hall–Kier alpha value is -2.55. The third-order valence-electron chi connectivity index (χ3n) is 4.62. The molecular formula is C20H19NO2. The number of piperidine rings is 1. The number of rotatable bonds is 2. The summed E-state index contributed by atoms with van der Waals surface area (Å²) < 4.78 is 5.73. The summed E-state index contributed by atoms with van der Waals surface area (Å²) in [7, 11) is 0. The summed E-state index contributed by atoms with van der Waals surface area (Å²) in [5.74, 6) is 0.861. The van der Waals surface area contributed by atoms with Crippen molar-refractivity contribution >= 4 is 16.9 Å². The number of hydrogen-bond donors (Lipinski definition) is 0. The largest absolute Gasteiger partial charge is 0.451 e. The second-order valence-corrected chi connectivity index (χ2v) is 6.15. The highest BCUT2D eigenvalue weighted by Gasteiger charge is 2.27. The van der Waals surface area contributed by atoms with Gasteiger partial charge in [0.05, 0.1) is 0 Å². The van der Waals surface area contributed by atoms with Gasteiger partial charge in [0, 0.05) is 24.4 Å². The van der Waals surface area contributed by atoms with Crippen LogP contribution in [0.25, 0.3) is 11.0 Å². The van der Waals surface area contributed by atoms with E-state index in [1.807, 2.05) is 41.3 Å². The zero-order valence-corrected chi connectivity index (χ0v) is 12.9. The van der Waals surface area contributed by atoms with Crippen LogP contribution in [0.15, 0.2) is 65.1 Å². The molecule has 0 bridgehead atoms. The van der Waals surface area contributed by atoms with Gasteiger partial charge in [0.25, 0.3) is 5.91 Å². The van der Waals surface area contributed by atoms with Crippen LogP contribution in [0.2, 0.25) is 0 Å². The van der Waals surface area contributed by atoms with Crippen molar-refractivity contribution in [3.05, 3.63) is 72.0 Å². The Morgan fingerprint density at radius 1 is 1.04 bits per heavy atom. The van der Waals surface area contributed by atoms with Crippen LogP contribution in [-0.4, -0.2) is 23.9 Å². The molecule has 0 spiro atoms. The van der Waals surface area contributed by atoms with E-state index >= 15 is 0 Å². The lowest BCUT2D eigenvalue weighted by molar-refractivity contribution is 0.0677. The average Bonchev–Trinajstić information content (AvgIpc) is 3.06. The van der Waals surface area contributed by atoms with E-state index < -0.39 is 0 Å². The minimum absolute atomic E-state index is 0.00170. The molecule has 1 atom stereocenters. The Labute approximate surface area is 135 Å². The van der Waals surface area contributed by atoms with Crippen LogP contribution >= 0.6 is 0 Å². The Bertz CT molecular complexity index is 789. The van der Waals surface area contributed by atoms with Crippen molar-refractivity contribution < 1.29 is 9.21 Å². The number of hydrogen-bond acceptors (Lipinski definition) is 2. The quantitative estimate of drug-likeness (QED) is 0.700. The molecule has 3 aromatic rings. The van der Waals surface area contributed by atoms with Gasteiger partial charge < -0.3 is 9.32 Å². The molecule has 1 saturated heterocycles. The lowest BCUT2D eigenvalue weighted by Crippen LogP contribution is -2.38. The van der Waals surface area contributed by atoms with E-state index in [-0.39, 0.29) is 5.91 Å². The first kappa shape index (κ1) is 14.1. The molecule has 3 nitrogen and oxygen atoms in total. The number of carbonyl (C=O) groups excluding carboxylic acids is 1. The van der Waals surface area contributed by atoms with Gasteiger partial charge in [0.15, 0.2) is 5.76 Å². The van der Waals surface area contributed by atoms with Gasteiger partial charge in [-0.1, -0.05) is 48.5 Å². The lowest BCUT2D eigenvalue weighted by atomic mass is 9.90. The van der Waals surface area contributed by atoms with Crippen LogP contribution in [0.5, 0.6) is 0 Å². The van der Waals surface area contributed by atoms with Gasteiger partial charge in [-0.15, -0.1) is 0 Å². The van der Waals surface area contributed by atoms with Crippen LogP contribution in [-0.2, 0) is 0 Å².